The Morgan fingerprint density at radius 3 is 2.23 bits per heavy atom. The van der Waals surface area contributed by atoms with E-state index in [1.807, 2.05) is 62.4 Å². The Kier molecular flexibility index (Phi) is 7.69. The summed E-state index contributed by atoms with van der Waals surface area (Å²) < 4.78 is 18.1. The summed E-state index contributed by atoms with van der Waals surface area (Å²) in [6, 6.07) is 25.5. The molecule has 0 bridgehead atoms. The van der Waals surface area contributed by atoms with Crippen molar-refractivity contribution < 1.29 is 19.0 Å². The van der Waals surface area contributed by atoms with Crippen LogP contribution in [0.5, 0.6) is 17.2 Å². The zero-order valence-electron chi connectivity index (χ0n) is 17.2. The van der Waals surface area contributed by atoms with Crippen molar-refractivity contribution in [2.45, 2.75) is 26.1 Å². The minimum Gasteiger partial charge on any atom is -0.478 e. The predicted octanol–water partition coefficient (Wildman–Crippen LogP) is 6.45. The van der Waals surface area contributed by atoms with Gasteiger partial charge in [-0.2, -0.15) is 5.26 Å². The van der Waals surface area contributed by atoms with Gasteiger partial charge in [0.1, 0.15) is 23.3 Å². The first-order chi connectivity index (χ1) is 15.0. The van der Waals surface area contributed by atoms with Gasteiger partial charge < -0.3 is 14.2 Å². The smallest absolute Gasteiger partial charge is 0.349 e. The third-order valence-corrected chi connectivity index (χ3v) is 4.93. The fourth-order valence-corrected chi connectivity index (χ4v) is 3.10. The number of halogens is 1. The number of nitriles is 1. The van der Waals surface area contributed by atoms with E-state index in [4.69, 9.17) is 14.2 Å². The molecule has 0 aliphatic carbocycles. The molecule has 0 radical (unpaired) electrons. The summed E-state index contributed by atoms with van der Waals surface area (Å²) in [5.74, 6) is 1.02. The average molecular weight is 480 g/mol. The first kappa shape index (κ1) is 22.4. The molecule has 0 N–H and O–H groups in total. The third kappa shape index (κ3) is 6.34. The first-order valence-corrected chi connectivity index (χ1v) is 10.6. The second-order valence-corrected chi connectivity index (χ2v) is 8.09. The van der Waals surface area contributed by atoms with Gasteiger partial charge >= 0.3 is 5.97 Å². The summed E-state index contributed by atoms with van der Waals surface area (Å²) in [6.07, 6.45) is -1.93. The number of ether oxygens (including phenoxy) is 3. The lowest BCUT2D eigenvalue weighted by Crippen LogP contribution is -2.35. The number of benzene rings is 3. The van der Waals surface area contributed by atoms with Crippen molar-refractivity contribution in [1.82, 2.24) is 0 Å². The third-order valence-electron chi connectivity index (χ3n) is 4.41. The van der Waals surface area contributed by atoms with E-state index in [9.17, 15) is 10.1 Å². The number of para-hydroxylation sites is 1. The minimum absolute atomic E-state index is 0.150. The first-order valence-electron chi connectivity index (χ1n) is 9.81. The Balaban J connectivity index is 1.73. The second-order valence-electron chi connectivity index (χ2n) is 7.17. The lowest BCUT2D eigenvalue weighted by Gasteiger charge is -2.22. The van der Waals surface area contributed by atoms with Gasteiger partial charge in [0.05, 0.1) is 0 Å². The molecule has 0 heterocycles. The van der Waals surface area contributed by atoms with Crippen LogP contribution in [0.15, 0.2) is 83.3 Å². The van der Waals surface area contributed by atoms with E-state index in [0.29, 0.717) is 22.8 Å². The fourth-order valence-electron chi connectivity index (χ4n) is 2.83. The van der Waals surface area contributed by atoms with E-state index >= 15 is 0 Å². The maximum atomic E-state index is 12.8. The monoisotopic (exact) mass is 479 g/mol. The van der Waals surface area contributed by atoms with Crippen LogP contribution in [0.4, 0.5) is 0 Å². The van der Waals surface area contributed by atoms with Gasteiger partial charge in [0.15, 0.2) is 6.10 Å². The molecule has 31 heavy (non-hydrogen) atoms. The molecule has 3 aromatic rings. The largest absolute Gasteiger partial charge is 0.478 e. The van der Waals surface area contributed by atoms with Crippen LogP contribution in [0.1, 0.15) is 25.5 Å². The maximum Gasteiger partial charge on any atom is 0.349 e. The van der Waals surface area contributed by atoms with Crippen LogP contribution in [0.3, 0.4) is 0 Å². The molecule has 2 unspecified atom stereocenters. The molecule has 0 fully saturated rings. The molecule has 0 spiro atoms. The Morgan fingerprint density at radius 2 is 1.58 bits per heavy atom. The van der Waals surface area contributed by atoms with Crippen LogP contribution in [0.2, 0.25) is 0 Å². The molecule has 3 aromatic carbocycles. The van der Waals surface area contributed by atoms with E-state index in [0.717, 1.165) is 4.47 Å². The highest BCUT2D eigenvalue weighted by atomic mass is 79.9. The molecule has 6 heteroatoms. The van der Waals surface area contributed by atoms with Crippen molar-refractivity contribution in [3.8, 4) is 23.3 Å². The highest BCUT2D eigenvalue weighted by molar-refractivity contribution is 9.10. The van der Waals surface area contributed by atoms with Gasteiger partial charge in [-0.05, 0) is 48.5 Å². The lowest BCUT2D eigenvalue weighted by molar-refractivity contribution is -0.157. The van der Waals surface area contributed by atoms with Crippen molar-refractivity contribution in [3.05, 3.63) is 88.9 Å². The lowest BCUT2D eigenvalue weighted by atomic mass is 10.1. The average Bonchev–Trinajstić information content (AvgIpc) is 2.77. The van der Waals surface area contributed by atoms with Gasteiger partial charge in [0, 0.05) is 16.0 Å². The van der Waals surface area contributed by atoms with Crippen LogP contribution in [-0.4, -0.2) is 12.1 Å². The van der Waals surface area contributed by atoms with Crippen LogP contribution in [0.25, 0.3) is 0 Å². The number of esters is 1. The zero-order chi connectivity index (χ0) is 22.2. The highest BCUT2D eigenvalue weighted by Gasteiger charge is 2.29. The quantitative estimate of drug-likeness (QED) is 0.347. The standard InChI is InChI=1S/C25H22BrNO4/c1-17(2)24(30-21-13-11-19(26)12-14-21)25(28)31-23(16-27)18-7-6-10-22(15-18)29-20-8-4-3-5-9-20/h3-15,17,23-24H,1-2H3. The van der Waals surface area contributed by atoms with Gasteiger partial charge in [-0.25, -0.2) is 4.79 Å². The van der Waals surface area contributed by atoms with Crippen LogP contribution in [0, 0.1) is 17.2 Å². The second kappa shape index (κ2) is 10.6. The Bertz CT molecular complexity index is 1050. The summed E-state index contributed by atoms with van der Waals surface area (Å²) >= 11 is 3.37. The minimum atomic E-state index is -1.08. The van der Waals surface area contributed by atoms with E-state index in [1.54, 1.807) is 36.4 Å². The highest BCUT2D eigenvalue weighted by Crippen LogP contribution is 2.27. The molecule has 0 saturated heterocycles. The molecule has 0 aliphatic heterocycles. The molecule has 2 atom stereocenters. The van der Waals surface area contributed by atoms with E-state index < -0.39 is 18.2 Å². The van der Waals surface area contributed by atoms with Crippen molar-refractivity contribution in [1.29, 1.82) is 5.26 Å². The van der Waals surface area contributed by atoms with Crippen molar-refractivity contribution in [2.24, 2.45) is 5.92 Å². The number of hydrogen-bond acceptors (Lipinski definition) is 5. The number of nitrogens with zero attached hydrogens (tertiary/aromatic N) is 1. The molecule has 0 aliphatic rings. The van der Waals surface area contributed by atoms with E-state index in [1.165, 1.54) is 0 Å². The molecule has 3 rings (SSSR count). The normalized spacial score (nSPS) is 12.5. The topological polar surface area (TPSA) is 68.5 Å². The van der Waals surface area contributed by atoms with Gasteiger partial charge in [0.25, 0.3) is 0 Å². The summed E-state index contributed by atoms with van der Waals surface area (Å²) in [7, 11) is 0. The number of carbonyl (C=O) groups excluding carboxylic acids is 1. The van der Waals surface area contributed by atoms with Gasteiger partial charge in [-0.15, -0.1) is 0 Å². The van der Waals surface area contributed by atoms with Crippen molar-refractivity contribution in [3.63, 3.8) is 0 Å². The van der Waals surface area contributed by atoms with Crippen molar-refractivity contribution >= 4 is 21.9 Å². The van der Waals surface area contributed by atoms with E-state index in [-0.39, 0.29) is 5.92 Å². The number of hydrogen-bond donors (Lipinski definition) is 0. The molecule has 0 saturated carbocycles. The van der Waals surface area contributed by atoms with Crippen LogP contribution >= 0.6 is 15.9 Å². The molecular formula is C25H22BrNO4. The maximum absolute atomic E-state index is 12.8. The predicted molar refractivity (Wildman–Crippen MR) is 121 cm³/mol. The molecule has 0 aromatic heterocycles. The fraction of sp³-hybridized carbons (Fsp3) is 0.200. The number of carbonyl (C=O) groups is 1. The summed E-state index contributed by atoms with van der Waals surface area (Å²) in [4.78, 5) is 12.8. The Labute approximate surface area is 190 Å². The van der Waals surface area contributed by atoms with Gasteiger partial charge in [-0.1, -0.05) is 60.1 Å². The SMILES string of the molecule is CC(C)C(Oc1ccc(Br)cc1)C(=O)OC(C#N)c1cccc(Oc2ccccc2)c1. The summed E-state index contributed by atoms with van der Waals surface area (Å²) in [5.41, 5.74) is 0.524. The summed E-state index contributed by atoms with van der Waals surface area (Å²) in [6.45, 7) is 3.72. The van der Waals surface area contributed by atoms with E-state index in [2.05, 4.69) is 15.9 Å². The van der Waals surface area contributed by atoms with Crippen molar-refractivity contribution in [2.75, 3.05) is 0 Å². The zero-order valence-corrected chi connectivity index (χ0v) is 18.8. The van der Waals surface area contributed by atoms with Crippen LogP contribution < -0.4 is 9.47 Å². The van der Waals surface area contributed by atoms with Gasteiger partial charge in [-0.3, -0.25) is 0 Å². The number of rotatable bonds is 8. The molecule has 158 valence electrons. The molecule has 0 amide bonds. The molecular weight excluding hydrogens is 458 g/mol. The Hall–Kier alpha value is -3.30. The Morgan fingerprint density at radius 1 is 0.903 bits per heavy atom. The molecule has 5 nitrogen and oxygen atoms in total. The van der Waals surface area contributed by atoms with Gasteiger partial charge in [0.2, 0.25) is 6.10 Å². The summed E-state index contributed by atoms with van der Waals surface area (Å²) in [5, 5.41) is 9.64. The van der Waals surface area contributed by atoms with Crippen LogP contribution in [-0.2, 0) is 9.53 Å².